The number of hydrogen-bond acceptors (Lipinski definition) is 8. The highest BCUT2D eigenvalue weighted by Gasteiger charge is 2.33. The number of aromatic nitrogens is 1. The highest BCUT2D eigenvalue weighted by molar-refractivity contribution is 5.98. The lowest BCUT2D eigenvalue weighted by Crippen LogP contribution is -2.49. The molecule has 0 bridgehead atoms. The van der Waals surface area contributed by atoms with E-state index in [-0.39, 0.29) is 31.1 Å². The van der Waals surface area contributed by atoms with Crippen LogP contribution in [0.4, 0.5) is 19.7 Å². The van der Waals surface area contributed by atoms with Crippen molar-refractivity contribution < 1.29 is 33.0 Å². The fourth-order valence-corrected chi connectivity index (χ4v) is 5.63. The third-order valence-electron chi connectivity index (χ3n) is 8.23. The Bertz CT molecular complexity index is 1610. The minimum Gasteiger partial charge on any atom is -0.453 e. The Morgan fingerprint density at radius 1 is 0.959 bits per heavy atom. The molecule has 5 rings (SSSR count). The molecule has 49 heavy (non-hydrogen) atoms. The predicted molar refractivity (Wildman–Crippen MR) is 181 cm³/mol. The maximum Gasteiger partial charge on any atom is 0.407 e. The van der Waals surface area contributed by atoms with Gasteiger partial charge in [-0.2, -0.15) is 0 Å². The van der Waals surface area contributed by atoms with Crippen molar-refractivity contribution in [2.45, 2.75) is 43.5 Å². The summed E-state index contributed by atoms with van der Waals surface area (Å²) in [5.74, 6) is -1.26. The summed E-state index contributed by atoms with van der Waals surface area (Å²) in [5.41, 5.74) is 3.87. The van der Waals surface area contributed by atoms with E-state index in [1.807, 2.05) is 66.7 Å². The molecule has 3 aromatic carbocycles. The number of amides is 3. The van der Waals surface area contributed by atoms with Crippen molar-refractivity contribution in [3.05, 3.63) is 131 Å². The zero-order valence-electron chi connectivity index (χ0n) is 27.1. The van der Waals surface area contributed by atoms with Crippen molar-refractivity contribution in [3.8, 4) is 0 Å². The molecule has 1 aliphatic rings. The van der Waals surface area contributed by atoms with Crippen molar-refractivity contribution in [2.24, 2.45) is 0 Å². The second kappa shape index (κ2) is 17.7. The molecule has 256 valence electrons. The van der Waals surface area contributed by atoms with Gasteiger partial charge in [0, 0.05) is 25.2 Å². The average molecular weight is 670 g/mol. The van der Waals surface area contributed by atoms with E-state index in [0.29, 0.717) is 31.7 Å². The van der Waals surface area contributed by atoms with Crippen LogP contribution in [0.1, 0.15) is 34.6 Å². The van der Waals surface area contributed by atoms with Gasteiger partial charge in [-0.25, -0.2) is 14.0 Å². The van der Waals surface area contributed by atoms with Crippen LogP contribution >= 0.6 is 0 Å². The molecule has 4 N–H and O–H groups in total. The lowest BCUT2D eigenvalue weighted by Gasteiger charge is -2.30. The van der Waals surface area contributed by atoms with Crippen molar-refractivity contribution in [2.75, 3.05) is 32.2 Å². The summed E-state index contributed by atoms with van der Waals surface area (Å²) in [6.45, 7) is 1.28. The molecule has 0 radical (unpaired) electrons. The molecule has 1 fully saturated rings. The van der Waals surface area contributed by atoms with Crippen LogP contribution in [0.25, 0.3) is 0 Å². The second-order valence-corrected chi connectivity index (χ2v) is 11.6. The fourth-order valence-electron chi connectivity index (χ4n) is 5.63. The molecule has 0 unspecified atom stereocenters. The van der Waals surface area contributed by atoms with Gasteiger partial charge in [-0.1, -0.05) is 72.8 Å². The van der Waals surface area contributed by atoms with E-state index in [4.69, 9.17) is 14.2 Å². The lowest BCUT2D eigenvalue weighted by molar-refractivity contribution is -0.118. The number of carbonyl (C=O) groups is 3. The molecule has 0 aliphatic carbocycles. The number of benzene rings is 3. The van der Waals surface area contributed by atoms with E-state index >= 15 is 0 Å². The number of rotatable bonds is 13. The highest BCUT2D eigenvalue weighted by atomic mass is 19.1. The molecule has 4 aromatic rings. The number of pyridine rings is 1. The van der Waals surface area contributed by atoms with Gasteiger partial charge < -0.3 is 35.5 Å². The molecular weight excluding hydrogens is 629 g/mol. The van der Waals surface area contributed by atoms with Crippen LogP contribution in [0.5, 0.6) is 0 Å². The van der Waals surface area contributed by atoms with Gasteiger partial charge in [-0.15, -0.1) is 0 Å². The van der Waals surface area contributed by atoms with Crippen LogP contribution in [0.2, 0.25) is 0 Å². The van der Waals surface area contributed by atoms with Gasteiger partial charge in [0.2, 0.25) is 5.91 Å². The summed E-state index contributed by atoms with van der Waals surface area (Å²) in [4.78, 5) is 42.8. The molecular formula is C37H40FN5O6. The normalized spacial score (nSPS) is 16.3. The first-order valence-corrected chi connectivity index (χ1v) is 16.1. The van der Waals surface area contributed by atoms with Crippen LogP contribution in [0.3, 0.4) is 0 Å². The van der Waals surface area contributed by atoms with Gasteiger partial charge in [-0.3, -0.25) is 9.78 Å². The molecule has 1 saturated heterocycles. The molecule has 0 saturated carbocycles. The number of aryl methyl sites for hydroxylation is 1. The van der Waals surface area contributed by atoms with Gasteiger partial charge in [0.1, 0.15) is 18.5 Å². The maximum atomic E-state index is 14.0. The van der Waals surface area contributed by atoms with Gasteiger partial charge in [-0.05, 0) is 53.3 Å². The fraction of sp³-hybridized carbons (Fsp3) is 0.297. The average Bonchev–Trinajstić information content (AvgIpc) is 3.14. The molecule has 3 atom stereocenters. The zero-order chi connectivity index (χ0) is 34.4. The Hall–Kier alpha value is -5.33. The minimum atomic E-state index is -1.000. The number of halogens is 1. The van der Waals surface area contributed by atoms with Gasteiger partial charge >= 0.3 is 12.2 Å². The largest absolute Gasteiger partial charge is 0.453 e. The van der Waals surface area contributed by atoms with Crippen LogP contribution in [0.15, 0.2) is 103 Å². The summed E-state index contributed by atoms with van der Waals surface area (Å²) in [6, 6.07) is 25.6. The first kappa shape index (κ1) is 35.0. The van der Waals surface area contributed by atoms with Crippen molar-refractivity contribution in [3.63, 3.8) is 0 Å². The first-order valence-electron chi connectivity index (χ1n) is 16.1. The number of ether oxygens (including phenoxy) is 3. The Morgan fingerprint density at radius 2 is 1.65 bits per heavy atom. The molecule has 12 heteroatoms. The Kier molecular flexibility index (Phi) is 12.7. The number of carbonyl (C=O) groups excluding carboxylic acids is 3. The number of nitrogens with zero attached hydrogens (tertiary/aromatic N) is 1. The number of morpholine rings is 1. The number of methoxy groups -OCH3 is 1. The number of hydrogen-bond donors (Lipinski definition) is 4. The Morgan fingerprint density at radius 3 is 2.29 bits per heavy atom. The second-order valence-electron chi connectivity index (χ2n) is 11.6. The van der Waals surface area contributed by atoms with Crippen LogP contribution < -0.4 is 21.3 Å². The van der Waals surface area contributed by atoms with Crippen LogP contribution in [0, 0.1) is 5.82 Å². The van der Waals surface area contributed by atoms with Crippen molar-refractivity contribution in [1.29, 1.82) is 0 Å². The highest BCUT2D eigenvalue weighted by Crippen LogP contribution is 2.30. The Labute approximate surface area is 284 Å². The number of nitrogens with one attached hydrogen (secondary N) is 4. The minimum absolute atomic E-state index is 0.102. The van der Waals surface area contributed by atoms with E-state index in [9.17, 15) is 18.8 Å². The summed E-state index contributed by atoms with van der Waals surface area (Å²) in [6.07, 6.45) is 3.12. The van der Waals surface area contributed by atoms with Crippen LogP contribution in [-0.4, -0.2) is 68.1 Å². The van der Waals surface area contributed by atoms with E-state index in [2.05, 4.69) is 26.3 Å². The summed E-state index contributed by atoms with van der Waals surface area (Å²) < 4.78 is 29.3. The molecule has 2 heterocycles. The molecule has 11 nitrogen and oxygen atoms in total. The Balaban J connectivity index is 1.15. The summed E-state index contributed by atoms with van der Waals surface area (Å²) >= 11 is 0. The standard InChI is InChI=1S/C37H40FN5O6/c1-47-37(46)43-34(33(27-8-4-2-5-9-27)28-10-6-3-7-11-28)35(44)42-32-22-39-19-18-26(32)14-17-31-21-40-30(23-48-31)24-49-36(45)41-20-25-12-15-29(38)16-13-25/h2-13,15-16,18-19,22,30-31,33-34,40H,14,17,20-21,23-24H2,1H3,(H,41,45)(H,42,44)(H,43,46)/t30-,31+,34-/m0/s1. The number of alkyl carbamates (subject to hydrolysis) is 2. The van der Waals surface area contributed by atoms with Crippen molar-refractivity contribution >= 4 is 23.8 Å². The summed E-state index contributed by atoms with van der Waals surface area (Å²) in [7, 11) is 1.26. The first-order chi connectivity index (χ1) is 23.9. The van der Waals surface area contributed by atoms with Gasteiger partial charge in [0.25, 0.3) is 0 Å². The van der Waals surface area contributed by atoms with Crippen molar-refractivity contribution in [1.82, 2.24) is 20.9 Å². The van der Waals surface area contributed by atoms with Crippen LogP contribution in [-0.2, 0) is 32.0 Å². The smallest absolute Gasteiger partial charge is 0.407 e. The molecule has 0 spiro atoms. The molecule has 1 aromatic heterocycles. The number of anilines is 1. The van der Waals surface area contributed by atoms with E-state index in [1.54, 1.807) is 24.5 Å². The predicted octanol–water partition coefficient (Wildman–Crippen LogP) is 4.93. The van der Waals surface area contributed by atoms with E-state index in [1.165, 1.54) is 19.2 Å². The monoisotopic (exact) mass is 669 g/mol. The third-order valence-corrected chi connectivity index (χ3v) is 8.23. The quantitative estimate of drug-likeness (QED) is 0.157. The van der Waals surface area contributed by atoms with Gasteiger partial charge in [0.15, 0.2) is 0 Å². The maximum absolute atomic E-state index is 14.0. The van der Waals surface area contributed by atoms with Gasteiger partial charge in [0.05, 0.1) is 37.7 Å². The third kappa shape index (κ3) is 10.3. The topological polar surface area (TPSA) is 140 Å². The lowest BCUT2D eigenvalue weighted by atomic mass is 9.84. The zero-order valence-corrected chi connectivity index (χ0v) is 27.1. The summed E-state index contributed by atoms with van der Waals surface area (Å²) in [5, 5.41) is 11.8. The SMILES string of the molecule is COC(=O)N[C@H](C(=O)Nc1cnccc1CC[C@@H]1CN[C@H](COC(=O)NCc2ccc(F)cc2)CO1)C(c1ccccc1)c1ccccc1. The molecule has 3 amide bonds. The van der Waals surface area contributed by atoms with E-state index < -0.39 is 30.1 Å². The van der Waals surface area contributed by atoms with E-state index in [0.717, 1.165) is 22.3 Å². The molecule has 1 aliphatic heterocycles.